The lowest BCUT2D eigenvalue weighted by Gasteiger charge is -2.23. The quantitative estimate of drug-likeness (QED) is 0.185. The summed E-state index contributed by atoms with van der Waals surface area (Å²) in [6, 6.07) is 0. The average molecular weight is 314 g/mol. The summed E-state index contributed by atoms with van der Waals surface area (Å²) < 4.78 is 20.7. The lowest BCUT2D eigenvalue weighted by atomic mass is 10.6. The van der Waals surface area contributed by atoms with Gasteiger partial charge in [-0.2, -0.15) is 13.7 Å². The number of hydrogen-bond donors (Lipinski definition) is 2. The molecule has 0 bridgehead atoms. The van der Waals surface area contributed by atoms with E-state index < -0.39 is 9.05 Å². The maximum atomic E-state index is 5.48. The van der Waals surface area contributed by atoms with Crippen molar-refractivity contribution in [3.8, 4) is 0 Å². The van der Waals surface area contributed by atoms with Gasteiger partial charge in [0.05, 0.1) is 26.4 Å². The Balaban J connectivity index is 4.34. The van der Waals surface area contributed by atoms with E-state index in [9.17, 15) is 0 Å². The molecule has 0 saturated heterocycles. The first kappa shape index (κ1) is 19.9. The van der Waals surface area contributed by atoms with Crippen LogP contribution in [-0.4, -0.2) is 55.1 Å². The van der Waals surface area contributed by atoms with Crippen LogP contribution in [0.4, 0.5) is 0 Å². The van der Waals surface area contributed by atoms with E-state index in [0.29, 0.717) is 39.5 Å². The van der Waals surface area contributed by atoms with Crippen molar-refractivity contribution in [3.05, 3.63) is 0 Å². The van der Waals surface area contributed by atoms with Gasteiger partial charge in [0, 0.05) is 19.6 Å². The molecule has 0 unspecified atom stereocenters. The highest BCUT2D eigenvalue weighted by Gasteiger charge is 2.52. The Labute approximate surface area is 120 Å². The first-order valence-electron chi connectivity index (χ1n) is 6.71. The van der Waals surface area contributed by atoms with Gasteiger partial charge in [0.25, 0.3) is 0 Å². The summed E-state index contributed by atoms with van der Waals surface area (Å²) in [5.74, 6) is 0. The Morgan fingerprint density at radius 2 is 1.35 bits per heavy atom. The molecule has 3 N–H and O–H groups in total. The minimum Gasteiger partial charge on any atom is -0.346 e. The lowest BCUT2D eigenvalue weighted by Crippen LogP contribution is -2.50. The maximum absolute atomic E-state index is 5.48. The van der Waals surface area contributed by atoms with Crippen LogP contribution in [0, 0.1) is 0 Å². The zero-order chi connectivity index (χ0) is 15.1. The van der Waals surface area contributed by atoms with Crippen LogP contribution in [0.15, 0.2) is 0 Å². The molecular weight excluding hydrogens is 288 g/mol. The Hall–Kier alpha value is -0.143. The average Bonchev–Trinajstić information content (AvgIpc) is 2.48. The first-order chi connectivity index (χ1) is 9.74. The Morgan fingerprint density at radius 1 is 0.850 bits per heavy atom. The Kier molecular flexibility index (Phi) is 13.7. The fraction of sp³-hybridized carbons (Fsp3) is 1.00. The summed E-state index contributed by atoms with van der Waals surface area (Å²) in [5.41, 5.74) is 5.36. The fourth-order valence-corrected chi connectivity index (χ4v) is 2.35. The van der Waals surface area contributed by atoms with Gasteiger partial charge >= 0.3 is 9.05 Å². The summed E-state index contributed by atoms with van der Waals surface area (Å²) in [7, 11) is -3.66. The third-order valence-electron chi connectivity index (χ3n) is 1.72. The second-order valence-corrected chi connectivity index (χ2v) is 5.15. The zero-order valence-corrected chi connectivity index (χ0v) is 13.4. The molecule has 0 aromatic heterocycles. The molecule has 122 valence electrons. The van der Waals surface area contributed by atoms with Gasteiger partial charge in [0.1, 0.15) is 0 Å². The van der Waals surface area contributed by atoms with E-state index in [2.05, 4.69) is 5.32 Å². The molecule has 0 aliphatic carbocycles. The van der Waals surface area contributed by atoms with Gasteiger partial charge in [-0.3, -0.25) is 0 Å². The molecule has 0 spiro atoms. The van der Waals surface area contributed by atoms with E-state index in [-0.39, 0.29) is 6.61 Å². The van der Waals surface area contributed by atoms with Gasteiger partial charge < -0.3 is 15.5 Å². The molecule has 0 aromatic carbocycles. The van der Waals surface area contributed by atoms with Crippen molar-refractivity contribution >= 4 is 9.05 Å². The Morgan fingerprint density at radius 3 is 1.75 bits per heavy atom. The van der Waals surface area contributed by atoms with Crippen LogP contribution in [-0.2, 0) is 32.8 Å². The van der Waals surface area contributed by atoms with Crippen molar-refractivity contribution in [1.82, 2.24) is 5.32 Å². The second kappa shape index (κ2) is 13.8. The molecule has 0 atom stereocenters. The van der Waals surface area contributed by atoms with Crippen LogP contribution in [0.3, 0.4) is 0 Å². The van der Waals surface area contributed by atoms with E-state index >= 15 is 0 Å². The van der Waals surface area contributed by atoms with Gasteiger partial charge in [-0.25, -0.2) is 14.7 Å². The van der Waals surface area contributed by atoms with Gasteiger partial charge in [0.2, 0.25) is 0 Å². The van der Waals surface area contributed by atoms with Crippen LogP contribution in [0.25, 0.3) is 0 Å². The zero-order valence-electron chi connectivity index (χ0n) is 12.4. The van der Waals surface area contributed by atoms with Gasteiger partial charge in [0.15, 0.2) is 0 Å². The SMILES string of the molecule is CCOO[Si](OCCNCCN)(OOCC)OOCC. The summed E-state index contributed by atoms with van der Waals surface area (Å²) in [6.07, 6.45) is 0. The minimum absolute atomic E-state index is 0.263. The maximum Gasteiger partial charge on any atom is 0.764 e. The van der Waals surface area contributed by atoms with Crippen molar-refractivity contribution < 1.29 is 32.8 Å². The highest BCUT2D eigenvalue weighted by molar-refractivity contribution is 6.52. The predicted octanol–water partition coefficient (Wildman–Crippen LogP) is -0.109. The molecule has 0 aromatic rings. The summed E-state index contributed by atoms with van der Waals surface area (Å²) in [5, 5.41) is 3.06. The van der Waals surface area contributed by atoms with Crippen molar-refractivity contribution in [2.24, 2.45) is 5.73 Å². The minimum atomic E-state index is -3.66. The van der Waals surface area contributed by atoms with Crippen molar-refractivity contribution in [3.63, 3.8) is 0 Å². The summed E-state index contributed by atoms with van der Waals surface area (Å²) >= 11 is 0. The molecule has 9 nitrogen and oxygen atoms in total. The number of hydrogen-bond acceptors (Lipinski definition) is 9. The molecule has 0 radical (unpaired) electrons. The number of nitrogens with two attached hydrogens (primary N) is 1. The molecule has 0 amide bonds. The van der Waals surface area contributed by atoms with Crippen molar-refractivity contribution in [2.75, 3.05) is 46.1 Å². The highest BCUT2D eigenvalue weighted by Crippen LogP contribution is 2.13. The van der Waals surface area contributed by atoms with Crippen molar-refractivity contribution in [1.29, 1.82) is 0 Å². The lowest BCUT2D eigenvalue weighted by molar-refractivity contribution is -0.385. The fourth-order valence-electron chi connectivity index (χ4n) is 0.982. The third-order valence-corrected chi connectivity index (χ3v) is 3.24. The molecule has 0 rings (SSSR count). The van der Waals surface area contributed by atoms with Crippen LogP contribution in [0.2, 0.25) is 0 Å². The van der Waals surface area contributed by atoms with Gasteiger partial charge in [-0.1, -0.05) is 0 Å². The number of nitrogens with one attached hydrogen (secondary N) is 1. The largest absolute Gasteiger partial charge is 0.764 e. The first-order valence-corrected chi connectivity index (χ1v) is 8.34. The molecular formula is C10H26N2O7Si. The van der Waals surface area contributed by atoms with Crippen LogP contribution in [0.1, 0.15) is 20.8 Å². The van der Waals surface area contributed by atoms with Gasteiger partial charge in [-0.05, 0) is 20.8 Å². The number of rotatable bonds is 15. The molecule has 0 fully saturated rings. The van der Waals surface area contributed by atoms with Crippen molar-refractivity contribution in [2.45, 2.75) is 20.8 Å². The van der Waals surface area contributed by atoms with Crippen LogP contribution in [0.5, 0.6) is 0 Å². The molecule has 0 saturated carbocycles. The van der Waals surface area contributed by atoms with E-state index in [1.54, 1.807) is 20.8 Å². The topological polar surface area (TPSA) is 103 Å². The standard InChI is InChI=1S/C10H26N2O7Si/c1-4-13-17-20(18-14-5-2,19-15-6-3)16-10-9-12-8-7-11/h12H,4-11H2,1-3H3. The Bertz CT molecular complexity index is 192. The van der Waals surface area contributed by atoms with E-state index in [1.807, 2.05) is 0 Å². The summed E-state index contributed by atoms with van der Waals surface area (Å²) in [4.78, 5) is 14.6. The third kappa shape index (κ3) is 9.71. The van der Waals surface area contributed by atoms with Crippen LogP contribution >= 0.6 is 0 Å². The molecule has 0 aliphatic rings. The highest BCUT2D eigenvalue weighted by atomic mass is 28.4. The molecule has 0 aliphatic heterocycles. The van der Waals surface area contributed by atoms with E-state index in [1.165, 1.54) is 0 Å². The monoisotopic (exact) mass is 314 g/mol. The van der Waals surface area contributed by atoms with Crippen LogP contribution < -0.4 is 11.1 Å². The predicted molar refractivity (Wildman–Crippen MR) is 71.8 cm³/mol. The second-order valence-electron chi connectivity index (χ2n) is 3.36. The molecule has 20 heavy (non-hydrogen) atoms. The smallest absolute Gasteiger partial charge is 0.346 e. The normalized spacial score (nSPS) is 12.0. The molecule has 0 heterocycles. The van der Waals surface area contributed by atoms with E-state index in [0.717, 1.165) is 0 Å². The molecule has 10 heteroatoms. The van der Waals surface area contributed by atoms with E-state index in [4.69, 9.17) is 38.6 Å². The van der Waals surface area contributed by atoms with Gasteiger partial charge in [-0.15, -0.1) is 0 Å². The summed E-state index contributed by atoms with van der Waals surface area (Å²) in [6.45, 7) is 8.20.